The minimum atomic E-state index is -4.17. The molecule has 1 aliphatic rings. The Bertz CT molecular complexity index is 3760. The highest BCUT2D eigenvalue weighted by molar-refractivity contribution is 7.92. The SMILES string of the molecule is O=S1(=O)c2ccccc2-c2ccccc2-c2ccccc2-c2ccc(-c3nc(-c4ccccc4)nc(-c4cc(-c5ccccc5)cc(-c5ccccc5)c4)n3)cc2-c2ccc3ccccc3c21. The van der Waals surface area contributed by atoms with Crippen LogP contribution in [0.15, 0.2) is 246 Å². The molecule has 1 aromatic heterocycles. The molecule has 0 fully saturated rings. The molecule has 67 heavy (non-hydrogen) atoms. The van der Waals surface area contributed by atoms with Crippen molar-refractivity contribution in [3.05, 3.63) is 237 Å². The number of benzene rings is 10. The van der Waals surface area contributed by atoms with Crippen molar-refractivity contribution in [1.29, 1.82) is 0 Å². The summed E-state index contributed by atoms with van der Waals surface area (Å²) in [4.78, 5) is 16.2. The fourth-order valence-corrected chi connectivity index (χ4v) is 11.4. The van der Waals surface area contributed by atoms with E-state index in [4.69, 9.17) is 15.0 Å². The molecule has 0 bridgehead atoms. The molecule has 0 amide bonds. The summed E-state index contributed by atoms with van der Waals surface area (Å²) in [5.41, 5.74) is 13.2. The molecule has 0 unspecified atom stereocenters. The van der Waals surface area contributed by atoms with E-state index in [1.807, 2.05) is 152 Å². The first-order chi connectivity index (χ1) is 33.0. The Balaban J connectivity index is 1.15. The molecule has 11 aromatic rings. The summed E-state index contributed by atoms with van der Waals surface area (Å²) >= 11 is 0. The van der Waals surface area contributed by atoms with E-state index >= 15 is 8.42 Å². The maximum absolute atomic E-state index is 15.7. The first-order valence-corrected chi connectivity index (χ1v) is 23.7. The van der Waals surface area contributed by atoms with Crippen LogP contribution in [0.1, 0.15) is 0 Å². The molecule has 0 N–H and O–H groups in total. The van der Waals surface area contributed by atoms with Gasteiger partial charge in [-0.15, -0.1) is 0 Å². The normalized spacial score (nSPS) is 12.4. The lowest BCUT2D eigenvalue weighted by Gasteiger charge is -2.19. The first kappa shape index (κ1) is 40.0. The van der Waals surface area contributed by atoms with Crippen molar-refractivity contribution in [3.63, 3.8) is 0 Å². The first-order valence-electron chi connectivity index (χ1n) is 22.3. The Labute approximate surface area is 389 Å². The molecule has 0 saturated carbocycles. The Hall–Kier alpha value is -8.58. The lowest BCUT2D eigenvalue weighted by atomic mass is 9.86. The molecule has 12 rings (SSSR count). The molecule has 2 heterocycles. The molecular weight excluding hydrogens is 839 g/mol. The average molecular weight is 878 g/mol. The zero-order chi connectivity index (χ0) is 44.9. The monoisotopic (exact) mass is 877 g/mol. The molecule has 0 atom stereocenters. The maximum atomic E-state index is 15.7. The third kappa shape index (κ3) is 7.12. The predicted molar refractivity (Wildman–Crippen MR) is 272 cm³/mol. The molecule has 0 saturated heterocycles. The number of fused-ring (bicyclic) bond motifs is 11. The van der Waals surface area contributed by atoms with Crippen LogP contribution in [0.2, 0.25) is 0 Å². The molecule has 0 aliphatic carbocycles. The van der Waals surface area contributed by atoms with Gasteiger partial charge in [0.1, 0.15) is 0 Å². The second-order valence-corrected chi connectivity index (χ2v) is 18.6. The Kier molecular flexibility index (Phi) is 9.81. The van der Waals surface area contributed by atoms with Crippen molar-refractivity contribution in [2.45, 2.75) is 9.79 Å². The summed E-state index contributed by atoms with van der Waals surface area (Å²) < 4.78 is 31.5. The number of hydrogen-bond acceptors (Lipinski definition) is 5. The molecule has 5 nitrogen and oxygen atoms in total. The quantitative estimate of drug-likeness (QED) is 0.172. The Morgan fingerprint density at radius 3 is 1.28 bits per heavy atom. The standard InChI is InChI=1S/C61H39N3O2S/c65-67(66)57-31-17-16-30-54(57)52-29-15-14-27-50(52)49-26-12-13-28-51(49)53-34-33-44(39-56(53)55-35-32-42-22-10-11-25-48(42)58(55)67)60-62-59(43-23-8-3-9-24-43)63-61(64-60)47-37-45(40-18-4-1-5-19-40)36-46(38-47)41-20-6-2-7-21-41/h1-39H. The van der Waals surface area contributed by atoms with Gasteiger partial charge in [0.05, 0.1) is 9.79 Å². The van der Waals surface area contributed by atoms with Gasteiger partial charge in [-0.2, -0.15) is 0 Å². The van der Waals surface area contributed by atoms with Crippen molar-refractivity contribution in [2.24, 2.45) is 0 Å². The van der Waals surface area contributed by atoms with Gasteiger partial charge in [0.15, 0.2) is 17.5 Å². The van der Waals surface area contributed by atoms with Crippen LogP contribution in [0.4, 0.5) is 0 Å². The summed E-state index contributed by atoms with van der Waals surface area (Å²) in [6, 6.07) is 78.9. The van der Waals surface area contributed by atoms with Crippen LogP contribution in [0.5, 0.6) is 0 Å². The molecule has 6 heteroatoms. The molecule has 0 spiro atoms. The van der Waals surface area contributed by atoms with Gasteiger partial charge in [0.25, 0.3) is 0 Å². The van der Waals surface area contributed by atoms with Gasteiger partial charge in [-0.05, 0) is 91.4 Å². The van der Waals surface area contributed by atoms with Crippen LogP contribution >= 0.6 is 0 Å². The largest absolute Gasteiger partial charge is 0.218 e. The van der Waals surface area contributed by atoms with Crippen LogP contribution in [-0.2, 0) is 9.84 Å². The number of rotatable bonds is 5. The highest BCUT2D eigenvalue weighted by atomic mass is 32.2. The second-order valence-electron chi connectivity index (χ2n) is 16.7. The van der Waals surface area contributed by atoms with Crippen molar-refractivity contribution in [1.82, 2.24) is 15.0 Å². The zero-order valence-corrected chi connectivity index (χ0v) is 36.9. The topological polar surface area (TPSA) is 72.8 Å². The minimum absolute atomic E-state index is 0.249. The van der Waals surface area contributed by atoms with E-state index in [0.717, 1.165) is 72.1 Å². The molecule has 1 aliphatic heterocycles. The number of sulfone groups is 1. The van der Waals surface area contributed by atoms with Crippen LogP contribution in [0.25, 0.3) is 112 Å². The fraction of sp³-hybridized carbons (Fsp3) is 0. The van der Waals surface area contributed by atoms with Crippen molar-refractivity contribution >= 4 is 20.6 Å². The Morgan fingerprint density at radius 1 is 0.269 bits per heavy atom. The van der Waals surface area contributed by atoms with E-state index < -0.39 is 9.84 Å². The van der Waals surface area contributed by atoms with Gasteiger partial charge in [0.2, 0.25) is 9.84 Å². The van der Waals surface area contributed by atoms with Crippen LogP contribution < -0.4 is 0 Å². The van der Waals surface area contributed by atoms with E-state index in [1.165, 1.54) is 0 Å². The molecule has 0 radical (unpaired) electrons. The third-order valence-corrected chi connectivity index (χ3v) is 14.6. The van der Waals surface area contributed by atoms with E-state index in [2.05, 4.69) is 78.9 Å². The summed E-state index contributed by atoms with van der Waals surface area (Å²) in [5, 5.41) is 1.48. The van der Waals surface area contributed by atoms with Crippen LogP contribution in [0.3, 0.4) is 0 Å². The van der Waals surface area contributed by atoms with E-state index in [0.29, 0.717) is 39.5 Å². The van der Waals surface area contributed by atoms with Crippen molar-refractivity contribution in [2.75, 3.05) is 0 Å². The summed E-state index contributed by atoms with van der Waals surface area (Å²) in [5.74, 6) is 1.50. The van der Waals surface area contributed by atoms with Gasteiger partial charge in [-0.25, -0.2) is 23.4 Å². The van der Waals surface area contributed by atoms with Crippen LogP contribution in [0, 0.1) is 0 Å². The highest BCUT2D eigenvalue weighted by Gasteiger charge is 2.31. The summed E-state index contributed by atoms with van der Waals surface area (Å²) in [6.07, 6.45) is 0. The zero-order valence-electron chi connectivity index (χ0n) is 36.1. The molecular formula is C61H39N3O2S. The van der Waals surface area contributed by atoms with Gasteiger partial charge in [-0.1, -0.05) is 206 Å². The molecule has 10 aromatic carbocycles. The third-order valence-electron chi connectivity index (χ3n) is 12.7. The maximum Gasteiger partial charge on any atom is 0.208 e. The van der Waals surface area contributed by atoms with Gasteiger partial charge >= 0.3 is 0 Å². The fourth-order valence-electron chi connectivity index (χ4n) is 9.53. The average Bonchev–Trinajstić information content (AvgIpc) is 3.41. The van der Waals surface area contributed by atoms with Gasteiger partial charge in [-0.3, -0.25) is 0 Å². The summed E-state index contributed by atoms with van der Waals surface area (Å²) in [7, 11) is -4.17. The smallest absolute Gasteiger partial charge is 0.208 e. The lowest BCUT2D eigenvalue weighted by Crippen LogP contribution is -2.07. The number of nitrogens with zero attached hydrogens (tertiary/aromatic N) is 3. The lowest BCUT2D eigenvalue weighted by molar-refractivity contribution is 0.597. The molecule has 316 valence electrons. The Morgan fingerprint density at radius 2 is 0.687 bits per heavy atom. The second kappa shape index (κ2) is 16.4. The van der Waals surface area contributed by atoms with Gasteiger partial charge < -0.3 is 0 Å². The highest BCUT2D eigenvalue weighted by Crippen LogP contribution is 2.49. The van der Waals surface area contributed by atoms with Crippen molar-refractivity contribution in [3.8, 4) is 101 Å². The van der Waals surface area contributed by atoms with Gasteiger partial charge in [0, 0.05) is 33.2 Å². The minimum Gasteiger partial charge on any atom is -0.218 e. The predicted octanol–water partition coefficient (Wildman–Crippen LogP) is 15.2. The number of hydrogen-bond donors (Lipinski definition) is 0. The van der Waals surface area contributed by atoms with Crippen LogP contribution in [-0.4, -0.2) is 23.4 Å². The van der Waals surface area contributed by atoms with E-state index in [1.54, 1.807) is 6.07 Å². The van der Waals surface area contributed by atoms with Crippen molar-refractivity contribution < 1.29 is 8.42 Å². The van der Waals surface area contributed by atoms with E-state index in [9.17, 15) is 0 Å². The number of aromatic nitrogens is 3. The summed E-state index contributed by atoms with van der Waals surface area (Å²) in [6.45, 7) is 0. The van der Waals surface area contributed by atoms with E-state index in [-0.39, 0.29) is 9.79 Å².